The number of hydrogen-bond acceptors (Lipinski definition) is 3. The van der Waals surface area contributed by atoms with Gasteiger partial charge in [-0.2, -0.15) is 0 Å². The van der Waals surface area contributed by atoms with Gasteiger partial charge in [0.25, 0.3) is 0 Å². The molecule has 3 N–H and O–H groups in total. The quantitative estimate of drug-likeness (QED) is 0.823. The van der Waals surface area contributed by atoms with Gasteiger partial charge < -0.3 is 15.8 Å². The van der Waals surface area contributed by atoms with E-state index in [0.717, 1.165) is 17.9 Å². The normalized spacial score (nSPS) is 12.1. The summed E-state index contributed by atoms with van der Waals surface area (Å²) < 4.78 is 19.1. The molecule has 0 aromatic heterocycles. The Morgan fingerprint density at radius 1 is 1.14 bits per heavy atom. The molecule has 21 heavy (non-hydrogen) atoms. The number of hydrogen-bond donors (Lipinski definition) is 2. The summed E-state index contributed by atoms with van der Waals surface area (Å²) in [5.41, 5.74) is 7.27. The molecule has 0 heterocycles. The fourth-order valence-electron chi connectivity index (χ4n) is 1.86. The van der Waals surface area contributed by atoms with Crippen LogP contribution in [0.15, 0.2) is 48.5 Å². The summed E-state index contributed by atoms with van der Waals surface area (Å²) in [6.45, 7) is 3.66. The topological polar surface area (TPSA) is 47.3 Å². The number of ether oxygens (including phenoxy) is 1. The van der Waals surface area contributed by atoms with Crippen LogP contribution >= 0.6 is 0 Å². The molecular formula is C17H21FN2O. The summed E-state index contributed by atoms with van der Waals surface area (Å²) in [5.74, 6) is 0.489. The number of halogens is 1. The first-order valence-electron chi connectivity index (χ1n) is 7.07. The van der Waals surface area contributed by atoms with E-state index < -0.39 is 0 Å². The lowest BCUT2D eigenvalue weighted by Crippen LogP contribution is -2.32. The van der Waals surface area contributed by atoms with Crippen molar-refractivity contribution in [3.05, 3.63) is 65.5 Å². The molecule has 0 aliphatic heterocycles. The van der Waals surface area contributed by atoms with Crippen molar-refractivity contribution in [2.45, 2.75) is 26.1 Å². The highest BCUT2D eigenvalue weighted by Gasteiger charge is 2.02. The summed E-state index contributed by atoms with van der Waals surface area (Å²) in [6, 6.07) is 14.7. The monoisotopic (exact) mass is 288 g/mol. The fraction of sp³-hybridized carbons (Fsp3) is 0.294. The molecule has 0 unspecified atom stereocenters. The molecule has 2 aromatic rings. The smallest absolute Gasteiger partial charge is 0.129 e. The summed E-state index contributed by atoms with van der Waals surface area (Å²) in [6.07, 6.45) is 0. The van der Waals surface area contributed by atoms with Gasteiger partial charge in [-0.1, -0.05) is 30.3 Å². The third kappa shape index (κ3) is 4.85. The molecule has 3 nitrogen and oxygen atoms in total. The fourth-order valence-corrected chi connectivity index (χ4v) is 1.86. The Morgan fingerprint density at radius 3 is 2.52 bits per heavy atom. The minimum atomic E-state index is -0.242. The standard InChI is InChI=1S/C17H21FN2O/c1-13(10-19)20-11-14-6-8-16(9-7-14)21-12-15-4-2-3-5-17(15)18/h2-9,13,20H,10-12,19H2,1H3/t13-/m0/s1. The highest BCUT2D eigenvalue weighted by Crippen LogP contribution is 2.15. The molecular weight excluding hydrogens is 267 g/mol. The van der Waals surface area contributed by atoms with Gasteiger partial charge in [0, 0.05) is 24.7 Å². The molecule has 0 amide bonds. The van der Waals surface area contributed by atoms with Gasteiger partial charge in [0.05, 0.1) is 0 Å². The molecule has 0 aliphatic carbocycles. The second-order valence-electron chi connectivity index (χ2n) is 5.04. The van der Waals surface area contributed by atoms with Crippen molar-refractivity contribution in [1.29, 1.82) is 0 Å². The second kappa shape index (κ2) is 7.76. The Labute approximate surface area is 124 Å². The predicted molar refractivity (Wildman–Crippen MR) is 82.5 cm³/mol. The van der Waals surface area contributed by atoms with Gasteiger partial charge in [-0.05, 0) is 30.7 Å². The van der Waals surface area contributed by atoms with Gasteiger partial charge in [0.2, 0.25) is 0 Å². The van der Waals surface area contributed by atoms with E-state index in [-0.39, 0.29) is 12.4 Å². The van der Waals surface area contributed by atoms with Gasteiger partial charge >= 0.3 is 0 Å². The van der Waals surface area contributed by atoms with Crippen molar-refractivity contribution in [1.82, 2.24) is 5.32 Å². The summed E-state index contributed by atoms with van der Waals surface area (Å²) in [4.78, 5) is 0. The minimum Gasteiger partial charge on any atom is -0.489 e. The van der Waals surface area contributed by atoms with Crippen LogP contribution in [0.4, 0.5) is 4.39 Å². The maximum atomic E-state index is 13.5. The van der Waals surface area contributed by atoms with Crippen molar-refractivity contribution in [2.75, 3.05) is 6.54 Å². The zero-order valence-corrected chi connectivity index (χ0v) is 12.2. The van der Waals surface area contributed by atoms with Crippen molar-refractivity contribution >= 4 is 0 Å². The molecule has 0 fully saturated rings. The lowest BCUT2D eigenvalue weighted by atomic mass is 10.2. The van der Waals surface area contributed by atoms with Gasteiger partial charge in [-0.15, -0.1) is 0 Å². The molecule has 0 saturated heterocycles. The van der Waals surface area contributed by atoms with Crippen LogP contribution in [0, 0.1) is 5.82 Å². The van der Waals surface area contributed by atoms with E-state index in [1.807, 2.05) is 31.2 Å². The number of benzene rings is 2. The van der Waals surface area contributed by atoms with Gasteiger partial charge in [0.15, 0.2) is 0 Å². The van der Waals surface area contributed by atoms with Crippen molar-refractivity contribution < 1.29 is 9.13 Å². The van der Waals surface area contributed by atoms with Crippen LogP contribution in [0.1, 0.15) is 18.1 Å². The van der Waals surface area contributed by atoms with Crippen LogP contribution in [-0.4, -0.2) is 12.6 Å². The molecule has 4 heteroatoms. The SMILES string of the molecule is C[C@@H](CN)NCc1ccc(OCc2ccccc2F)cc1. The Hall–Kier alpha value is -1.91. The van der Waals surface area contributed by atoms with E-state index in [2.05, 4.69) is 5.32 Å². The van der Waals surface area contributed by atoms with Gasteiger partial charge in [0.1, 0.15) is 18.2 Å². The zero-order valence-electron chi connectivity index (χ0n) is 12.2. The molecule has 112 valence electrons. The molecule has 2 rings (SSSR count). The van der Waals surface area contributed by atoms with Crippen LogP contribution in [0.25, 0.3) is 0 Å². The van der Waals surface area contributed by atoms with Crippen LogP contribution in [0.2, 0.25) is 0 Å². The highest BCUT2D eigenvalue weighted by atomic mass is 19.1. The van der Waals surface area contributed by atoms with Crippen molar-refractivity contribution in [3.63, 3.8) is 0 Å². The molecule has 0 bridgehead atoms. The first kappa shape index (κ1) is 15.5. The van der Waals surface area contributed by atoms with Crippen LogP contribution < -0.4 is 15.8 Å². The van der Waals surface area contributed by atoms with E-state index in [0.29, 0.717) is 18.2 Å². The molecule has 1 atom stereocenters. The van der Waals surface area contributed by atoms with Gasteiger partial charge in [-0.25, -0.2) is 4.39 Å². The largest absolute Gasteiger partial charge is 0.489 e. The Balaban J connectivity index is 1.86. The Bertz CT molecular complexity index is 557. The van der Waals surface area contributed by atoms with E-state index in [1.54, 1.807) is 18.2 Å². The lowest BCUT2D eigenvalue weighted by molar-refractivity contribution is 0.299. The summed E-state index contributed by atoms with van der Waals surface area (Å²) >= 11 is 0. The predicted octanol–water partition coefficient (Wildman–Crippen LogP) is 2.84. The molecule has 0 aliphatic rings. The number of nitrogens with two attached hydrogens (primary N) is 1. The highest BCUT2D eigenvalue weighted by molar-refractivity contribution is 5.28. The van der Waals surface area contributed by atoms with E-state index in [4.69, 9.17) is 10.5 Å². The van der Waals surface area contributed by atoms with E-state index in [9.17, 15) is 4.39 Å². The first-order chi connectivity index (χ1) is 10.2. The summed E-state index contributed by atoms with van der Waals surface area (Å²) in [7, 11) is 0. The Morgan fingerprint density at radius 2 is 1.86 bits per heavy atom. The summed E-state index contributed by atoms with van der Waals surface area (Å²) in [5, 5.41) is 3.32. The van der Waals surface area contributed by atoms with Crippen LogP contribution in [0.3, 0.4) is 0 Å². The maximum absolute atomic E-state index is 13.5. The van der Waals surface area contributed by atoms with Crippen LogP contribution in [0.5, 0.6) is 5.75 Å². The molecule has 2 aromatic carbocycles. The zero-order chi connectivity index (χ0) is 15.1. The third-order valence-electron chi connectivity index (χ3n) is 3.28. The second-order valence-corrected chi connectivity index (χ2v) is 5.04. The molecule has 0 saturated carbocycles. The molecule has 0 radical (unpaired) electrons. The number of rotatable bonds is 7. The number of nitrogens with one attached hydrogen (secondary N) is 1. The van der Waals surface area contributed by atoms with E-state index >= 15 is 0 Å². The van der Waals surface area contributed by atoms with Crippen molar-refractivity contribution in [3.8, 4) is 5.75 Å². The van der Waals surface area contributed by atoms with Crippen LogP contribution in [-0.2, 0) is 13.2 Å². The minimum absolute atomic E-state index is 0.231. The Kier molecular flexibility index (Phi) is 5.72. The van der Waals surface area contributed by atoms with Gasteiger partial charge in [-0.3, -0.25) is 0 Å². The average Bonchev–Trinajstić information content (AvgIpc) is 2.53. The maximum Gasteiger partial charge on any atom is 0.129 e. The first-order valence-corrected chi connectivity index (χ1v) is 7.07. The third-order valence-corrected chi connectivity index (χ3v) is 3.28. The average molecular weight is 288 g/mol. The molecule has 0 spiro atoms. The lowest BCUT2D eigenvalue weighted by Gasteiger charge is -2.12. The van der Waals surface area contributed by atoms with Crippen molar-refractivity contribution in [2.24, 2.45) is 5.73 Å². The van der Waals surface area contributed by atoms with E-state index in [1.165, 1.54) is 6.07 Å².